The Hall–Kier alpha value is -5.30. The van der Waals surface area contributed by atoms with Crippen LogP contribution >= 0.6 is 0 Å². The second kappa shape index (κ2) is 19.2. The normalized spacial score (nSPS) is 22.6. The minimum Gasteiger partial charge on any atom is -0.442 e. The maximum atomic E-state index is 15.4. The van der Waals surface area contributed by atoms with Gasteiger partial charge in [0.1, 0.15) is 35.8 Å². The van der Waals surface area contributed by atoms with E-state index in [0.29, 0.717) is 38.4 Å². The zero-order chi connectivity index (χ0) is 41.5. The molecule has 0 aliphatic carbocycles. The number of urea groups is 1. The number of carbonyl (C=O) groups is 4. The summed E-state index contributed by atoms with van der Waals surface area (Å²) in [6.45, 7) is 1.37. The number of ether oxygens (including phenoxy) is 3. The summed E-state index contributed by atoms with van der Waals surface area (Å²) >= 11 is 0. The Morgan fingerprint density at radius 3 is 2.53 bits per heavy atom. The number of aliphatic hydroxyl groups is 1. The molecule has 5 heterocycles. The van der Waals surface area contributed by atoms with Crippen molar-refractivity contribution in [2.75, 3.05) is 72.2 Å². The van der Waals surface area contributed by atoms with Gasteiger partial charge < -0.3 is 44.3 Å². The van der Waals surface area contributed by atoms with Crippen molar-refractivity contribution in [1.82, 2.24) is 34.9 Å². The van der Waals surface area contributed by atoms with Gasteiger partial charge >= 0.3 is 12.1 Å². The molecule has 18 heteroatoms. The third kappa shape index (κ3) is 10.1. The lowest BCUT2D eigenvalue weighted by atomic mass is 9.89. The van der Waals surface area contributed by atoms with Crippen molar-refractivity contribution in [2.24, 2.45) is 11.8 Å². The number of halogens is 3. The van der Waals surface area contributed by atoms with Gasteiger partial charge in [0.15, 0.2) is 0 Å². The van der Waals surface area contributed by atoms with Crippen LogP contribution in [0, 0.1) is 23.5 Å². The molecule has 3 saturated heterocycles. The maximum Gasteiger partial charge on any atom is 0.407 e. The number of carbonyl (C=O) groups excluding carboxylic acids is 4. The average molecular weight is 824 g/mol. The first kappa shape index (κ1) is 41.8. The fourth-order valence-electron chi connectivity index (χ4n) is 8.00. The number of amides is 5. The summed E-state index contributed by atoms with van der Waals surface area (Å²) in [5, 5.41) is 16.7. The van der Waals surface area contributed by atoms with Crippen LogP contribution in [0.2, 0.25) is 0 Å². The summed E-state index contributed by atoms with van der Waals surface area (Å²) in [5.41, 5.74) is 1.01. The summed E-state index contributed by atoms with van der Waals surface area (Å²) in [5.74, 6) is -2.58. The lowest BCUT2D eigenvalue weighted by Gasteiger charge is -2.41. The predicted molar refractivity (Wildman–Crippen MR) is 205 cm³/mol. The number of alkyl halides is 1. The van der Waals surface area contributed by atoms with Crippen molar-refractivity contribution in [3.8, 4) is 11.3 Å². The highest BCUT2D eigenvalue weighted by Crippen LogP contribution is 2.39. The molecule has 5 amide bonds. The van der Waals surface area contributed by atoms with Gasteiger partial charge in [-0.1, -0.05) is 30.3 Å². The smallest absolute Gasteiger partial charge is 0.407 e. The minimum absolute atomic E-state index is 0.0217. The van der Waals surface area contributed by atoms with E-state index in [9.17, 15) is 28.7 Å². The fraction of sp³-hybridized carbons (Fsp3) is 0.488. The molecule has 4 aliphatic rings. The summed E-state index contributed by atoms with van der Waals surface area (Å²) in [6.07, 6.45) is 0.628. The van der Waals surface area contributed by atoms with E-state index < -0.39 is 65.9 Å². The van der Waals surface area contributed by atoms with Gasteiger partial charge in [0.25, 0.3) is 11.8 Å². The molecule has 1 unspecified atom stereocenters. The third-order valence-corrected chi connectivity index (χ3v) is 11.1. The highest BCUT2D eigenvalue weighted by molar-refractivity contribution is 6.12. The van der Waals surface area contributed by atoms with Crippen molar-refractivity contribution < 1.29 is 51.7 Å². The molecule has 2 aromatic carbocycles. The first-order valence-corrected chi connectivity index (χ1v) is 19.8. The number of aromatic nitrogens is 2. The molecule has 0 radical (unpaired) electrons. The van der Waals surface area contributed by atoms with E-state index in [2.05, 4.69) is 10.6 Å². The van der Waals surface area contributed by atoms with Gasteiger partial charge in [-0.3, -0.25) is 14.5 Å². The van der Waals surface area contributed by atoms with Gasteiger partial charge in [0.2, 0.25) is 0 Å². The van der Waals surface area contributed by atoms with E-state index in [1.165, 1.54) is 17.1 Å². The Labute approximate surface area is 339 Å². The fourth-order valence-corrected chi connectivity index (χ4v) is 8.00. The summed E-state index contributed by atoms with van der Waals surface area (Å²) in [7, 11) is 0. The number of aliphatic hydroxyl groups excluding tert-OH is 1. The van der Waals surface area contributed by atoms with Gasteiger partial charge in [0.05, 0.1) is 44.6 Å². The van der Waals surface area contributed by atoms with Gasteiger partial charge in [-0.25, -0.2) is 27.7 Å². The van der Waals surface area contributed by atoms with E-state index >= 15 is 8.78 Å². The second-order valence-corrected chi connectivity index (χ2v) is 15.1. The van der Waals surface area contributed by atoms with E-state index in [4.69, 9.17) is 19.2 Å². The van der Waals surface area contributed by atoms with Crippen LogP contribution in [0.3, 0.4) is 0 Å². The average Bonchev–Trinajstić information content (AvgIpc) is 4.01. The van der Waals surface area contributed by atoms with Crippen LogP contribution in [0.15, 0.2) is 66.9 Å². The molecule has 5 atom stereocenters. The molecule has 1 aromatic heterocycles. The number of hydrogen-bond acceptors (Lipinski definition) is 10. The van der Waals surface area contributed by atoms with E-state index in [-0.39, 0.29) is 76.2 Å². The quantitative estimate of drug-likeness (QED) is 0.153. The summed E-state index contributed by atoms with van der Waals surface area (Å²) in [4.78, 5) is 60.0. The van der Waals surface area contributed by atoms with Crippen LogP contribution in [-0.4, -0.2) is 144 Å². The molecule has 0 spiro atoms. The summed E-state index contributed by atoms with van der Waals surface area (Å²) in [6, 6.07) is 11.3. The lowest BCUT2D eigenvalue weighted by molar-refractivity contribution is -0.137. The lowest BCUT2D eigenvalue weighted by Crippen LogP contribution is -2.50. The molecule has 3 N–H and O–H groups in total. The molecule has 4 aliphatic heterocycles. The zero-order valence-corrected chi connectivity index (χ0v) is 32.4. The highest BCUT2D eigenvalue weighted by Gasteiger charge is 2.45. The number of alkyl carbamates (subject to hydrolysis) is 1. The summed E-state index contributed by atoms with van der Waals surface area (Å²) < 4.78 is 63.8. The minimum atomic E-state index is -1.25. The number of nitrogens with zero attached hydrogens (tertiary/aromatic N) is 5. The van der Waals surface area contributed by atoms with Gasteiger partial charge in [0, 0.05) is 75.8 Å². The van der Waals surface area contributed by atoms with Crippen molar-refractivity contribution in [2.45, 2.75) is 43.8 Å². The van der Waals surface area contributed by atoms with Gasteiger partial charge in [-0.15, -0.1) is 0 Å². The van der Waals surface area contributed by atoms with Gasteiger partial charge in [-0.05, 0) is 42.5 Å². The van der Waals surface area contributed by atoms with Crippen LogP contribution < -0.4 is 10.6 Å². The van der Waals surface area contributed by atoms with Crippen molar-refractivity contribution in [1.29, 1.82) is 0 Å². The molecular weight excluding hydrogens is 775 g/mol. The Kier molecular flexibility index (Phi) is 13.6. The first-order valence-electron chi connectivity index (χ1n) is 19.8. The SMILES string of the molecule is O=C(NCCOCCN1C(=O)C=CC1=O)O[C@@H]1CN(C(=O)N(C[C@@H]2CNCC2F)[C@@H](c2nc(-c3cc(F)ccc3F)cn2Cc2ccccc2)C2CCOCC2)C[C@@H]1O. The first-order chi connectivity index (χ1) is 28.5. The Morgan fingerprint density at radius 1 is 1.03 bits per heavy atom. The number of benzene rings is 2. The van der Waals surface area contributed by atoms with Crippen molar-refractivity contribution >= 4 is 23.9 Å². The third-order valence-electron chi connectivity index (χ3n) is 11.1. The Bertz CT molecular complexity index is 1980. The molecule has 59 heavy (non-hydrogen) atoms. The largest absolute Gasteiger partial charge is 0.442 e. The van der Waals surface area contributed by atoms with Crippen LogP contribution in [0.4, 0.5) is 22.8 Å². The van der Waals surface area contributed by atoms with Gasteiger partial charge in [-0.2, -0.15) is 0 Å². The number of nitrogens with one attached hydrogen (secondary N) is 2. The monoisotopic (exact) mass is 823 g/mol. The zero-order valence-electron chi connectivity index (χ0n) is 32.4. The number of rotatable bonds is 15. The molecule has 0 saturated carbocycles. The topological polar surface area (TPSA) is 168 Å². The van der Waals surface area contributed by atoms with Crippen LogP contribution in [-0.2, 0) is 30.3 Å². The molecule has 15 nitrogen and oxygen atoms in total. The number of hydrogen-bond donors (Lipinski definition) is 3. The number of β-amino-alcohol motifs (C(OH)–C–C–N with tert-alkyl or cyclic N) is 1. The molecule has 0 bridgehead atoms. The Morgan fingerprint density at radius 2 is 1.80 bits per heavy atom. The molecular formula is C41H48F3N7O8. The second-order valence-electron chi connectivity index (χ2n) is 15.1. The highest BCUT2D eigenvalue weighted by atomic mass is 19.1. The maximum absolute atomic E-state index is 15.4. The van der Waals surface area contributed by atoms with Crippen molar-refractivity contribution in [3.05, 3.63) is 89.9 Å². The van der Waals surface area contributed by atoms with E-state index in [1.807, 2.05) is 34.9 Å². The standard InChI is InChI=1S/C41H48F3N7O8/c42-29-6-7-31(43)30(18-29)33-23-48(21-26-4-2-1-3-5-26)39(47-33)38(27-10-14-57-15-11-27)51(22-28-19-45-20-32(28)44)41(56)49-24-34(52)35(25-49)59-40(55)46-12-16-58-17-13-50-36(53)8-9-37(50)54/h1-9,18,23,27-28,32,34-35,38,45,52H,10-17,19-22,24-25H2,(H,46,55)/t28-,32?,34-,35+,38+/m0/s1. The van der Waals surface area contributed by atoms with Crippen LogP contribution in [0.25, 0.3) is 11.3 Å². The van der Waals surface area contributed by atoms with E-state index in [0.717, 1.165) is 28.7 Å². The molecule has 3 aromatic rings. The van der Waals surface area contributed by atoms with E-state index in [1.54, 1.807) is 11.1 Å². The number of likely N-dealkylation sites (tertiary alicyclic amines) is 1. The Balaban J connectivity index is 1.11. The molecule has 316 valence electrons. The molecule has 3 fully saturated rings. The van der Waals surface area contributed by atoms with Crippen LogP contribution in [0.1, 0.15) is 30.3 Å². The number of imidazole rings is 1. The number of imide groups is 1. The predicted octanol–water partition coefficient (Wildman–Crippen LogP) is 3.04. The molecule has 7 rings (SSSR count). The van der Waals surface area contributed by atoms with Crippen LogP contribution in [0.5, 0.6) is 0 Å². The van der Waals surface area contributed by atoms with Crippen molar-refractivity contribution in [3.63, 3.8) is 0 Å².